The van der Waals surface area contributed by atoms with Crippen molar-refractivity contribution < 1.29 is 22.4 Å². The normalized spacial score (nSPS) is 19.8. The van der Waals surface area contributed by atoms with Crippen LogP contribution in [0.3, 0.4) is 0 Å². The maximum absolute atomic E-state index is 12.4. The number of hydrogen-bond donors (Lipinski definition) is 1. The second kappa shape index (κ2) is 7.26. The van der Waals surface area contributed by atoms with Crippen LogP contribution in [0.4, 0.5) is 0 Å². The molecule has 0 bridgehead atoms. The fraction of sp³-hybridized carbons (Fsp3) is 0.583. The molecule has 1 unspecified atom stereocenters. The first kappa shape index (κ1) is 18.0. The number of furan rings is 1. The SMILES string of the molecule is CNC1CCCN(S(=O)(=O)c2ccc(C(=O)OC)o2)C1.Cl. The molecule has 1 aromatic heterocycles. The predicted molar refractivity (Wildman–Crippen MR) is 78.1 cm³/mol. The molecule has 2 heterocycles. The summed E-state index contributed by atoms with van der Waals surface area (Å²) in [6.07, 6.45) is 1.73. The van der Waals surface area contributed by atoms with Gasteiger partial charge in [0.1, 0.15) is 0 Å². The summed E-state index contributed by atoms with van der Waals surface area (Å²) in [6, 6.07) is 2.72. The molecule has 21 heavy (non-hydrogen) atoms. The molecular formula is C12H19ClN2O5S. The van der Waals surface area contributed by atoms with Gasteiger partial charge in [0.15, 0.2) is 0 Å². The number of esters is 1. The standard InChI is InChI=1S/C12H18N2O5S.ClH/c1-13-9-4-3-7-14(8-9)20(16,17)11-6-5-10(19-11)12(15)18-2;/h5-6,9,13H,3-4,7-8H2,1-2H3;1H. The lowest BCUT2D eigenvalue weighted by atomic mass is 10.1. The Kier molecular flexibility index (Phi) is 6.21. The highest BCUT2D eigenvalue weighted by molar-refractivity contribution is 7.89. The number of nitrogens with one attached hydrogen (secondary N) is 1. The molecule has 0 spiro atoms. The Morgan fingerprint density at radius 1 is 1.48 bits per heavy atom. The molecule has 0 amide bonds. The maximum atomic E-state index is 12.4. The number of ether oxygens (including phenoxy) is 1. The van der Waals surface area contributed by atoms with Gasteiger partial charge < -0.3 is 14.5 Å². The lowest BCUT2D eigenvalue weighted by Gasteiger charge is -2.30. The Hall–Kier alpha value is -1.09. The molecule has 1 N–H and O–H groups in total. The summed E-state index contributed by atoms with van der Waals surface area (Å²) in [5.74, 6) is -0.813. The van der Waals surface area contributed by atoms with Crippen LogP contribution in [0.25, 0.3) is 0 Å². The molecule has 1 saturated heterocycles. The van der Waals surface area contributed by atoms with Crippen LogP contribution in [0.1, 0.15) is 23.4 Å². The minimum Gasteiger partial charge on any atom is -0.463 e. The van der Waals surface area contributed by atoms with Crippen molar-refractivity contribution in [3.63, 3.8) is 0 Å². The Bertz CT molecular complexity index is 586. The fourth-order valence-electron chi connectivity index (χ4n) is 2.19. The van der Waals surface area contributed by atoms with E-state index in [-0.39, 0.29) is 29.3 Å². The van der Waals surface area contributed by atoms with Gasteiger partial charge in [0.25, 0.3) is 10.0 Å². The summed E-state index contributed by atoms with van der Waals surface area (Å²) in [5.41, 5.74) is 0. The average Bonchev–Trinajstić information content (AvgIpc) is 2.97. The first-order valence-electron chi connectivity index (χ1n) is 6.34. The largest absolute Gasteiger partial charge is 0.463 e. The Balaban J connectivity index is 0.00000220. The fourth-order valence-corrected chi connectivity index (χ4v) is 3.63. The van der Waals surface area contributed by atoms with E-state index in [4.69, 9.17) is 4.42 Å². The number of methoxy groups -OCH3 is 1. The van der Waals surface area contributed by atoms with Crippen LogP contribution in [0.2, 0.25) is 0 Å². The van der Waals surface area contributed by atoms with Crippen LogP contribution in [-0.4, -0.2) is 52.0 Å². The van der Waals surface area contributed by atoms with Crippen molar-refractivity contribution in [2.45, 2.75) is 24.0 Å². The molecule has 7 nitrogen and oxygen atoms in total. The highest BCUT2D eigenvalue weighted by Gasteiger charge is 2.32. The van der Waals surface area contributed by atoms with Crippen LogP contribution in [-0.2, 0) is 14.8 Å². The summed E-state index contributed by atoms with van der Waals surface area (Å²) in [7, 11) is -0.689. The number of rotatable bonds is 4. The lowest BCUT2D eigenvalue weighted by Crippen LogP contribution is -2.46. The molecule has 0 radical (unpaired) electrons. The number of carbonyl (C=O) groups is 1. The van der Waals surface area contributed by atoms with Gasteiger partial charge in [-0.25, -0.2) is 13.2 Å². The predicted octanol–water partition coefficient (Wildman–Crippen LogP) is 0.860. The van der Waals surface area contributed by atoms with Crippen LogP contribution in [0.5, 0.6) is 0 Å². The van der Waals surface area contributed by atoms with E-state index in [0.29, 0.717) is 13.1 Å². The zero-order valence-electron chi connectivity index (χ0n) is 11.9. The van der Waals surface area contributed by atoms with Crippen molar-refractivity contribution in [3.05, 3.63) is 17.9 Å². The van der Waals surface area contributed by atoms with E-state index in [1.165, 1.54) is 23.5 Å². The van der Waals surface area contributed by atoms with Crippen molar-refractivity contribution in [2.75, 3.05) is 27.2 Å². The van der Waals surface area contributed by atoms with Crippen molar-refractivity contribution in [2.24, 2.45) is 0 Å². The minimum absolute atomic E-state index is 0. The van der Waals surface area contributed by atoms with Crippen molar-refractivity contribution in [1.29, 1.82) is 0 Å². The number of likely N-dealkylation sites (N-methyl/N-ethyl adjacent to an activating group) is 1. The lowest BCUT2D eigenvalue weighted by molar-refractivity contribution is 0.0558. The van der Waals surface area contributed by atoms with E-state index in [9.17, 15) is 13.2 Å². The third-order valence-electron chi connectivity index (χ3n) is 3.35. The van der Waals surface area contributed by atoms with Crippen molar-refractivity contribution >= 4 is 28.4 Å². The molecular weight excluding hydrogens is 320 g/mol. The summed E-state index contributed by atoms with van der Waals surface area (Å²) >= 11 is 0. The van der Waals surface area contributed by atoms with Gasteiger partial charge in [0.2, 0.25) is 10.9 Å². The number of sulfonamides is 1. The number of piperidine rings is 1. The van der Waals surface area contributed by atoms with Crippen LogP contribution >= 0.6 is 12.4 Å². The van der Waals surface area contributed by atoms with E-state index in [2.05, 4.69) is 10.1 Å². The maximum Gasteiger partial charge on any atom is 0.374 e. The van der Waals surface area contributed by atoms with E-state index < -0.39 is 16.0 Å². The third-order valence-corrected chi connectivity index (χ3v) is 5.09. The van der Waals surface area contributed by atoms with Gasteiger partial charge in [-0.05, 0) is 32.0 Å². The first-order chi connectivity index (χ1) is 9.48. The Morgan fingerprint density at radius 3 is 2.81 bits per heavy atom. The van der Waals surface area contributed by atoms with Crippen LogP contribution in [0, 0.1) is 0 Å². The molecule has 120 valence electrons. The number of halogens is 1. The number of nitrogens with zero attached hydrogens (tertiary/aromatic N) is 1. The molecule has 1 fully saturated rings. The number of carbonyl (C=O) groups excluding carboxylic acids is 1. The van der Waals surface area contributed by atoms with Crippen molar-refractivity contribution in [1.82, 2.24) is 9.62 Å². The van der Waals surface area contributed by atoms with E-state index in [0.717, 1.165) is 12.8 Å². The minimum atomic E-state index is -3.71. The Labute approximate surface area is 130 Å². The van der Waals surface area contributed by atoms with E-state index >= 15 is 0 Å². The molecule has 0 saturated carbocycles. The van der Waals surface area contributed by atoms with Crippen LogP contribution < -0.4 is 5.32 Å². The molecule has 1 atom stereocenters. The van der Waals surface area contributed by atoms with Gasteiger partial charge in [-0.1, -0.05) is 0 Å². The van der Waals surface area contributed by atoms with Gasteiger partial charge in [-0.3, -0.25) is 0 Å². The molecule has 9 heteroatoms. The molecule has 0 aromatic carbocycles. The van der Waals surface area contributed by atoms with Gasteiger partial charge >= 0.3 is 5.97 Å². The molecule has 2 rings (SSSR count). The molecule has 1 aliphatic rings. The molecule has 1 aliphatic heterocycles. The monoisotopic (exact) mass is 338 g/mol. The molecule has 1 aromatic rings. The highest BCUT2D eigenvalue weighted by atomic mass is 35.5. The van der Waals surface area contributed by atoms with Gasteiger partial charge in [0, 0.05) is 19.1 Å². The zero-order chi connectivity index (χ0) is 14.8. The topological polar surface area (TPSA) is 88.9 Å². The third kappa shape index (κ3) is 3.76. The number of hydrogen-bond acceptors (Lipinski definition) is 6. The van der Waals surface area contributed by atoms with Gasteiger partial charge in [-0.15, -0.1) is 12.4 Å². The van der Waals surface area contributed by atoms with Crippen molar-refractivity contribution in [3.8, 4) is 0 Å². The first-order valence-corrected chi connectivity index (χ1v) is 7.78. The second-order valence-electron chi connectivity index (χ2n) is 4.60. The van der Waals surface area contributed by atoms with Crippen LogP contribution in [0.15, 0.2) is 21.6 Å². The zero-order valence-corrected chi connectivity index (χ0v) is 13.5. The summed E-state index contributed by atoms with van der Waals surface area (Å²) in [6.45, 7) is 0.849. The second-order valence-corrected chi connectivity index (χ2v) is 6.47. The Morgan fingerprint density at radius 2 is 2.19 bits per heavy atom. The summed E-state index contributed by atoms with van der Waals surface area (Å²) in [5, 5.41) is 2.85. The van der Waals surface area contributed by atoms with Gasteiger partial charge in [0.05, 0.1) is 7.11 Å². The van der Waals surface area contributed by atoms with Gasteiger partial charge in [-0.2, -0.15) is 4.31 Å². The van der Waals surface area contributed by atoms with E-state index in [1.54, 1.807) is 0 Å². The average molecular weight is 339 g/mol. The highest BCUT2D eigenvalue weighted by Crippen LogP contribution is 2.22. The summed E-state index contributed by atoms with van der Waals surface area (Å²) < 4.78 is 35.8. The quantitative estimate of drug-likeness (QED) is 0.819. The smallest absolute Gasteiger partial charge is 0.374 e. The molecule has 0 aliphatic carbocycles. The van der Waals surface area contributed by atoms with E-state index in [1.807, 2.05) is 7.05 Å². The summed E-state index contributed by atoms with van der Waals surface area (Å²) in [4.78, 5) is 11.3.